The van der Waals surface area contributed by atoms with Gasteiger partial charge in [-0.25, -0.2) is 4.68 Å². The van der Waals surface area contributed by atoms with Gasteiger partial charge in [-0.15, -0.1) is 16.9 Å². The quantitative estimate of drug-likeness (QED) is 0.814. The van der Waals surface area contributed by atoms with E-state index >= 15 is 0 Å². The molecule has 3 rings (SSSR count). The third-order valence-corrected chi connectivity index (χ3v) is 5.49. The van der Waals surface area contributed by atoms with Crippen LogP contribution in [0.1, 0.15) is 62.9 Å². The molecule has 1 aliphatic carbocycles. The largest absolute Gasteiger partial charge is 0.325 e. The second-order valence-electron chi connectivity index (χ2n) is 6.80. The molecule has 0 saturated heterocycles. The lowest BCUT2D eigenvalue weighted by Gasteiger charge is -2.11. The molecule has 0 radical (unpaired) electrons. The van der Waals surface area contributed by atoms with Crippen LogP contribution in [0.3, 0.4) is 0 Å². The Labute approximate surface area is 152 Å². The molecule has 7 heteroatoms. The number of carbonyl (C=O) groups is 1. The van der Waals surface area contributed by atoms with Gasteiger partial charge in [0.1, 0.15) is 0 Å². The highest BCUT2D eigenvalue weighted by Gasteiger charge is 2.21. The summed E-state index contributed by atoms with van der Waals surface area (Å²) >= 11 is 1.54. The highest BCUT2D eigenvalue weighted by Crippen LogP contribution is 2.29. The van der Waals surface area contributed by atoms with Gasteiger partial charge < -0.3 is 5.32 Å². The molecule has 2 aromatic rings. The van der Waals surface area contributed by atoms with E-state index in [1.54, 1.807) is 11.8 Å². The summed E-state index contributed by atoms with van der Waals surface area (Å²) in [5.74, 6) is 2.41. The summed E-state index contributed by atoms with van der Waals surface area (Å²) in [4.78, 5) is 12.1. The number of hydrogen-bond donors (Lipinski definition) is 1. The van der Waals surface area contributed by atoms with Crippen LogP contribution in [0.2, 0.25) is 0 Å². The minimum absolute atomic E-state index is 0.00203. The standard InChI is InChI=1S/C18H25N5OS/c1-13(2)14-7-9-15(10-8-14)19-18(24)12-25-11-17-20-21-22-23(17)16-5-3-4-6-16/h7-10,13,16H,3-6,11-12H2,1-2H3,(H,19,24). The molecular formula is C18H25N5OS. The second kappa shape index (κ2) is 8.47. The highest BCUT2D eigenvalue weighted by atomic mass is 32.2. The average Bonchev–Trinajstić information content (AvgIpc) is 3.26. The first-order valence-electron chi connectivity index (χ1n) is 8.88. The van der Waals surface area contributed by atoms with Crippen LogP contribution in [-0.2, 0) is 10.5 Å². The normalized spacial score (nSPS) is 15.0. The van der Waals surface area contributed by atoms with Gasteiger partial charge in [0.25, 0.3) is 0 Å². The summed E-state index contributed by atoms with van der Waals surface area (Å²) in [7, 11) is 0. The van der Waals surface area contributed by atoms with E-state index < -0.39 is 0 Å². The predicted molar refractivity (Wildman–Crippen MR) is 101 cm³/mol. The smallest absolute Gasteiger partial charge is 0.234 e. The minimum Gasteiger partial charge on any atom is -0.325 e. The van der Waals surface area contributed by atoms with E-state index in [1.807, 2.05) is 16.8 Å². The maximum absolute atomic E-state index is 12.1. The molecule has 0 spiro atoms. The van der Waals surface area contributed by atoms with E-state index in [-0.39, 0.29) is 5.91 Å². The molecule has 1 N–H and O–H groups in total. The first kappa shape index (κ1) is 17.9. The van der Waals surface area contributed by atoms with Gasteiger partial charge in [0.15, 0.2) is 5.82 Å². The van der Waals surface area contributed by atoms with E-state index in [9.17, 15) is 4.79 Å². The lowest BCUT2D eigenvalue weighted by Crippen LogP contribution is -2.15. The molecule has 1 aromatic carbocycles. The number of amides is 1. The van der Waals surface area contributed by atoms with Crippen LogP contribution in [0.25, 0.3) is 0 Å². The molecule has 25 heavy (non-hydrogen) atoms. The Balaban J connectivity index is 1.46. The van der Waals surface area contributed by atoms with Gasteiger partial charge in [-0.2, -0.15) is 0 Å². The molecule has 1 saturated carbocycles. The summed E-state index contributed by atoms with van der Waals surface area (Å²) in [6, 6.07) is 8.46. The number of aromatic nitrogens is 4. The summed E-state index contributed by atoms with van der Waals surface area (Å²) in [5.41, 5.74) is 2.11. The number of nitrogens with zero attached hydrogens (tertiary/aromatic N) is 4. The number of benzene rings is 1. The molecule has 6 nitrogen and oxygen atoms in total. The molecule has 134 valence electrons. The van der Waals surface area contributed by atoms with Crippen molar-refractivity contribution in [3.05, 3.63) is 35.7 Å². The Morgan fingerprint density at radius 2 is 2.00 bits per heavy atom. The van der Waals surface area contributed by atoms with Crippen LogP contribution in [0.15, 0.2) is 24.3 Å². The Kier molecular flexibility index (Phi) is 6.07. The van der Waals surface area contributed by atoms with Gasteiger partial charge >= 0.3 is 0 Å². The average molecular weight is 359 g/mol. The third kappa shape index (κ3) is 4.81. The van der Waals surface area contributed by atoms with Crippen LogP contribution in [0.5, 0.6) is 0 Å². The summed E-state index contributed by atoms with van der Waals surface area (Å²) < 4.78 is 1.95. The van der Waals surface area contributed by atoms with E-state index in [0.29, 0.717) is 23.5 Å². The zero-order valence-corrected chi connectivity index (χ0v) is 15.6. The zero-order valence-electron chi connectivity index (χ0n) is 14.8. The SMILES string of the molecule is CC(C)c1ccc(NC(=O)CSCc2nnnn2C2CCCC2)cc1. The zero-order chi connectivity index (χ0) is 17.6. The fourth-order valence-corrected chi connectivity index (χ4v) is 3.86. The molecule has 0 unspecified atom stereocenters. The molecule has 0 aliphatic heterocycles. The maximum atomic E-state index is 12.1. The van der Waals surface area contributed by atoms with E-state index in [4.69, 9.17) is 0 Å². The van der Waals surface area contributed by atoms with Crippen molar-refractivity contribution in [1.82, 2.24) is 20.2 Å². The van der Waals surface area contributed by atoms with Crippen LogP contribution in [0.4, 0.5) is 5.69 Å². The highest BCUT2D eigenvalue weighted by molar-refractivity contribution is 7.99. The first-order valence-corrected chi connectivity index (χ1v) is 10.0. The van der Waals surface area contributed by atoms with Crippen molar-refractivity contribution in [2.75, 3.05) is 11.1 Å². The number of rotatable bonds is 7. The van der Waals surface area contributed by atoms with Gasteiger partial charge in [0.2, 0.25) is 5.91 Å². The van der Waals surface area contributed by atoms with Crippen molar-refractivity contribution < 1.29 is 4.79 Å². The topological polar surface area (TPSA) is 72.7 Å². The van der Waals surface area contributed by atoms with E-state index in [2.05, 4.69) is 46.8 Å². The van der Waals surface area contributed by atoms with Crippen molar-refractivity contribution in [3.63, 3.8) is 0 Å². The number of carbonyl (C=O) groups excluding carboxylic acids is 1. The third-order valence-electron chi connectivity index (χ3n) is 4.56. The van der Waals surface area contributed by atoms with Crippen molar-refractivity contribution in [3.8, 4) is 0 Å². The number of thioether (sulfide) groups is 1. The Hall–Kier alpha value is -1.89. The fourth-order valence-electron chi connectivity index (χ4n) is 3.12. The lowest BCUT2D eigenvalue weighted by atomic mass is 10.0. The fraction of sp³-hybridized carbons (Fsp3) is 0.556. The lowest BCUT2D eigenvalue weighted by molar-refractivity contribution is -0.113. The van der Waals surface area contributed by atoms with Crippen LogP contribution in [-0.4, -0.2) is 31.9 Å². The van der Waals surface area contributed by atoms with E-state index in [0.717, 1.165) is 24.4 Å². The summed E-state index contributed by atoms with van der Waals surface area (Å²) in [6.07, 6.45) is 4.79. The van der Waals surface area contributed by atoms with Gasteiger partial charge in [-0.1, -0.05) is 38.8 Å². The van der Waals surface area contributed by atoms with Crippen molar-refractivity contribution in [2.24, 2.45) is 0 Å². The molecule has 0 atom stereocenters. The minimum atomic E-state index is 0.00203. The Morgan fingerprint density at radius 1 is 1.28 bits per heavy atom. The molecular weight excluding hydrogens is 334 g/mol. The van der Waals surface area contributed by atoms with Crippen molar-refractivity contribution in [1.29, 1.82) is 0 Å². The predicted octanol–water partition coefficient (Wildman–Crippen LogP) is 3.78. The van der Waals surface area contributed by atoms with Gasteiger partial charge in [-0.3, -0.25) is 4.79 Å². The van der Waals surface area contributed by atoms with Crippen LogP contribution < -0.4 is 5.32 Å². The summed E-state index contributed by atoms with van der Waals surface area (Å²) in [5, 5.41) is 15.0. The number of hydrogen-bond acceptors (Lipinski definition) is 5. The van der Waals surface area contributed by atoms with Gasteiger partial charge in [0.05, 0.1) is 17.5 Å². The number of nitrogens with one attached hydrogen (secondary N) is 1. The summed E-state index contributed by atoms with van der Waals surface area (Å²) in [6.45, 7) is 4.31. The number of tetrazole rings is 1. The molecule has 0 bridgehead atoms. The maximum Gasteiger partial charge on any atom is 0.234 e. The molecule has 1 fully saturated rings. The van der Waals surface area contributed by atoms with E-state index in [1.165, 1.54) is 18.4 Å². The molecule has 1 aliphatic rings. The van der Waals surface area contributed by atoms with Gasteiger partial charge in [-0.05, 0) is 46.9 Å². The first-order chi connectivity index (χ1) is 12.1. The van der Waals surface area contributed by atoms with Crippen LogP contribution in [0, 0.1) is 0 Å². The Morgan fingerprint density at radius 3 is 2.68 bits per heavy atom. The van der Waals surface area contributed by atoms with Gasteiger partial charge in [0, 0.05) is 5.69 Å². The Bertz CT molecular complexity index is 692. The van der Waals surface area contributed by atoms with Crippen molar-refractivity contribution in [2.45, 2.75) is 57.2 Å². The molecule has 1 aromatic heterocycles. The monoisotopic (exact) mass is 359 g/mol. The second-order valence-corrected chi connectivity index (χ2v) is 7.78. The van der Waals surface area contributed by atoms with Crippen LogP contribution >= 0.6 is 11.8 Å². The molecule has 1 amide bonds. The number of anilines is 1. The molecule has 1 heterocycles. The van der Waals surface area contributed by atoms with Crippen molar-refractivity contribution >= 4 is 23.4 Å².